The van der Waals surface area contributed by atoms with Gasteiger partial charge < -0.3 is 5.73 Å². The second-order valence-corrected chi connectivity index (χ2v) is 5.96. The van der Waals surface area contributed by atoms with Crippen LogP contribution in [0.5, 0.6) is 0 Å². The molecule has 1 saturated carbocycles. The predicted octanol–water partition coefficient (Wildman–Crippen LogP) is 3.74. The molecule has 1 heterocycles. The number of halogens is 1. The number of hydrogen-bond acceptors (Lipinski definition) is 3. The fraction of sp³-hybridized carbons (Fsp3) is 0.500. The van der Waals surface area contributed by atoms with E-state index in [2.05, 4.69) is 0 Å². The minimum absolute atomic E-state index is 0.208. The number of rotatable bonds is 3. The fourth-order valence-corrected chi connectivity index (χ4v) is 3.17. The van der Waals surface area contributed by atoms with Gasteiger partial charge in [0.25, 0.3) is 0 Å². The summed E-state index contributed by atoms with van der Waals surface area (Å²) in [7, 11) is 0. The van der Waals surface area contributed by atoms with Crippen LogP contribution >= 0.6 is 11.6 Å². The van der Waals surface area contributed by atoms with Gasteiger partial charge >= 0.3 is 0 Å². The van der Waals surface area contributed by atoms with Crippen LogP contribution < -0.4 is 11.2 Å². The zero-order chi connectivity index (χ0) is 15.4. The van der Waals surface area contributed by atoms with Gasteiger partial charge in [0.2, 0.25) is 0 Å². The SMILES string of the molecule is CCC=C(N)c1cc(Cl)n(C(=N)C2CCCCC2)c(=N)c1. The van der Waals surface area contributed by atoms with E-state index in [0.29, 0.717) is 16.7 Å². The first-order chi connectivity index (χ1) is 10.0. The molecule has 1 aromatic heterocycles. The minimum Gasteiger partial charge on any atom is -0.398 e. The van der Waals surface area contributed by atoms with Crippen LogP contribution in [0.1, 0.15) is 51.0 Å². The second-order valence-electron chi connectivity index (χ2n) is 5.58. The zero-order valence-corrected chi connectivity index (χ0v) is 13.2. The van der Waals surface area contributed by atoms with Crippen molar-refractivity contribution in [3.63, 3.8) is 0 Å². The van der Waals surface area contributed by atoms with Gasteiger partial charge in [-0.05, 0) is 31.4 Å². The summed E-state index contributed by atoms with van der Waals surface area (Å²) < 4.78 is 1.53. The molecule has 1 fully saturated rings. The normalized spacial score (nSPS) is 17.0. The minimum atomic E-state index is 0.208. The Morgan fingerprint density at radius 2 is 2.05 bits per heavy atom. The Morgan fingerprint density at radius 3 is 2.62 bits per heavy atom. The van der Waals surface area contributed by atoms with Gasteiger partial charge in [0, 0.05) is 17.2 Å². The Kier molecular flexibility index (Phi) is 5.23. The molecule has 4 nitrogen and oxygen atoms in total. The molecular weight excluding hydrogens is 284 g/mol. The molecule has 2 rings (SSSR count). The monoisotopic (exact) mass is 306 g/mol. The Bertz CT molecular complexity index is 609. The standard InChI is InChI=1S/C16H23ClN4/c1-2-6-13(18)12-9-14(17)21(15(19)10-12)16(20)11-7-4-3-5-8-11/h6,9-11,19-20H,2-5,7-8,18H2,1H3. The molecule has 5 heteroatoms. The average Bonchev–Trinajstić information content (AvgIpc) is 2.47. The average molecular weight is 307 g/mol. The van der Waals surface area contributed by atoms with E-state index >= 15 is 0 Å². The molecule has 0 aliphatic heterocycles. The van der Waals surface area contributed by atoms with E-state index in [4.69, 9.17) is 28.2 Å². The van der Waals surface area contributed by atoms with Gasteiger partial charge in [-0.2, -0.15) is 0 Å². The Hall–Kier alpha value is -1.55. The smallest absolute Gasteiger partial charge is 0.132 e. The molecule has 114 valence electrons. The number of nitrogens with one attached hydrogen (secondary N) is 2. The summed E-state index contributed by atoms with van der Waals surface area (Å²) in [5.41, 5.74) is 7.57. The maximum Gasteiger partial charge on any atom is 0.132 e. The Balaban J connectivity index is 2.35. The molecule has 0 saturated heterocycles. The molecule has 0 amide bonds. The van der Waals surface area contributed by atoms with Gasteiger partial charge in [-0.25, -0.2) is 0 Å². The van der Waals surface area contributed by atoms with Gasteiger partial charge in [-0.3, -0.25) is 15.4 Å². The predicted molar refractivity (Wildman–Crippen MR) is 87.5 cm³/mol. The van der Waals surface area contributed by atoms with Crippen molar-refractivity contribution in [3.05, 3.63) is 34.4 Å². The van der Waals surface area contributed by atoms with E-state index in [-0.39, 0.29) is 11.4 Å². The summed E-state index contributed by atoms with van der Waals surface area (Å²) in [5.74, 6) is 0.647. The van der Waals surface area contributed by atoms with Crippen molar-refractivity contribution in [2.45, 2.75) is 45.4 Å². The summed E-state index contributed by atoms with van der Waals surface area (Å²) in [6.07, 6.45) is 8.33. The number of aromatic nitrogens is 1. The summed E-state index contributed by atoms with van der Waals surface area (Å²) in [5, 5.41) is 16.9. The van der Waals surface area contributed by atoms with Crippen molar-refractivity contribution >= 4 is 23.1 Å². The quantitative estimate of drug-likeness (QED) is 0.444. The number of hydrogen-bond donors (Lipinski definition) is 3. The molecule has 0 atom stereocenters. The van der Waals surface area contributed by atoms with Crippen LogP contribution in [0.25, 0.3) is 5.70 Å². The first-order valence-corrected chi connectivity index (χ1v) is 7.94. The van der Waals surface area contributed by atoms with Crippen LogP contribution in [0.15, 0.2) is 18.2 Å². The van der Waals surface area contributed by atoms with E-state index in [0.717, 1.165) is 37.7 Å². The molecule has 1 aliphatic rings. The third-order valence-electron chi connectivity index (χ3n) is 4.01. The highest BCUT2D eigenvalue weighted by Gasteiger charge is 2.21. The van der Waals surface area contributed by atoms with E-state index in [1.807, 2.05) is 13.0 Å². The highest BCUT2D eigenvalue weighted by atomic mass is 35.5. The molecule has 0 bridgehead atoms. The van der Waals surface area contributed by atoms with Crippen LogP contribution in [0.2, 0.25) is 5.15 Å². The molecule has 0 spiro atoms. The van der Waals surface area contributed by atoms with Crippen molar-refractivity contribution in [3.8, 4) is 0 Å². The van der Waals surface area contributed by atoms with Crippen molar-refractivity contribution in [1.29, 1.82) is 10.8 Å². The number of allylic oxidation sites excluding steroid dienone is 1. The first kappa shape index (κ1) is 15.8. The number of nitrogens with zero attached hydrogens (tertiary/aromatic N) is 1. The maximum atomic E-state index is 8.38. The first-order valence-electron chi connectivity index (χ1n) is 7.56. The molecule has 1 aliphatic carbocycles. The summed E-state index contributed by atoms with van der Waals surface area (Å²) in [6, 6.07) is 3.43. The molecule has 0 unspecified atom stereocenters. The lowest BCUT2D eigenvalue weighted by atomic mass is 9.88. The van der Waals surface area contributed by atoms with E-state index in [1.165, 1.54) is 11.0 Å². The van der Waals surface area contributed by atoms with Crippen molar-refractivity contribution in [1.82, 2.24) is 4.57 Å². The lowest BCUT2D eigenvalue weighted by Crippen LogP contribution is -2.33. The van der Waals surface area contributed by atoms with E-state index in [1.54, 1.807) is 12.1 Å². The maximum absolute atomic E-state index is 8.38. The third kappa shape index (κ3) is 3.56. The highest BCUT2D eigenvalue weighted by Crippen LogP contribution is 2.26. The lowest BCUT2D eigenvalue weighted by Gasteiger charge is -2.24. The summed E-state index contributed by atoms with van der Waals surface area (Å²) in [6.45, 7) is 2.01. The van der Waals surface area contributed by atoms with Gasteiger partial charge in [0.1, 0.15) is 16.5 Å². The zero-order valence-electron chi connectivity index (χ0n) is 12.5. The molecule has 0 aromatic carbocycles. The lowest BCUT2D eigenvalue weighted by molar-refractivity contribution is 0.431. The Morgan fingerprint density at radius 1 is 1.38 bits per heavy atom. The van der Waals surface area contributed by atoms with E-state index in [9.17, 15) is 0 Å². The second kappa shape index (κ2) is 6.94. The summed E-state index contributed by atoms with van der Waals surface area (Å²) >= 11 is 6.31. The molecular formula is C16H23ClN4. The molecule has 1 aromatic rings. The third-order valence-corrected chi connectivity index (χ3v) is 4.29. The molecule has 21 heavy (non-hydrogen) atoms. The van der Waals surface area contributed by atoms with Crippen LogP contribution in [-0.2, 0) is 0 Å². The van der Waals surface area contributed by atoms with Crippen LogP contribution in [0.3, 0.4) is 0 Å². The van der Waals surface area contributed by atoms with Gasteiger partial charge in [-0.15, -0.1) is 0 Å². The van der Waals surface area contributed by atoms with Crippen molar-refractivity contribution in [2.75, 3.05) is 0 Å². The topological polar surface area (TPSA) is 78.7 Å². The highest BCUT2D eigenvalue weighted by molar-refractivity contribution is 6.30. The molecule has 4 N–H and O–H groups in total. The van der Waals surface area contributed by atoms with E-state index < -0.39 is 0 Å². The van der Waals surface area contributed by atoms with Crippen LogP contribution in [0.4, 0.5) is 0 Å². The fourth-order valence-electron chi connectivity index (χ4n) is 2.87. The van der Waals surface area contributed by atoms with Gasteiger partial charge in [0.05, 0.1) is 0 Å². The van der Waals surface area contributed by atoms with Gasteiger partial charge in [0.15, 0.2) is 0 Å². The van der Waals surface area contributed by atoms with Crippen LogP contribution in [-0.4, -0.2) is 10.4 Å². The van der Waals surface area contributed by atoms with Crippen molar-refractivity contribution < 1.29 is 0 Å². The van der Waals surface area contributed by atoms with Gasteiger partial charge in [-0.1, -0.05) is 43.9 Å². The summed E-state index contributed by atoms with van der Waals surface area (Å²) in [4.78, 5) is 0. The molecule has 0 radical (unpaired) electrons. The van der Waals surface area contributed by atoms with Crippen LogP contribution in [0, 0.1) is 16.7 Å². The van der Waals surface area contributed by atoms with Crippen molar-refractivity contribution in [2.24, 2.45) is 11.7 Å². The number of nitrogens with two attached hydrogens (primary N) is 1. The largest absolute Gasteiger partial charge is 0.398 e. The number of pyridine rings is 1. The Labute approximate surface area is 130 Å².